The number of aromatic nitrogens is 4. The Morgan fingerprint density at radius 2 is 2.12 bits per heavy atom. The molecule has 1 aliphatic rings. The van der Waals surface area contributed by atoms with Gasteiger partial charge >= 0.3 is 0 Å². The van der Waals surface area contributed by atoms with Crippen molar-refractivity contribution in [3.63, 3.8) is 0 Å². The molecule has 0 aromatic carbocycles. The van der Waals surface area contributed by atoms with E-state index in [2.05, 4.69) is 35.4 Å². The van der Waals surface area contributed by atoms with Gasteiger partial charge in [0.1, 0.15) is 11.6 Å². The summed E-state index contributed by atoms with van der Waals surface area (Å²) in [4.78, 5) is 8.54. The third-order valence-electron chi connectivity index (χ3n) is 4.21. The van der Waals surface area contributed by atoms with Crippen LogP contribution in [0.25, 0.3) is 0 Å². The van der Waals surface area contributed by atoms with Gasteiger partial charge in [0, 0.05) is 39.2 Å². The van der Waals surface area contributed by atoms with Crippen LogP contribution in [0, 0.1) is 0 Å². The highest BCUT2D eigenvalue weighted by Crippen LogP contribution is 2.14. The Kier molecular flexibility index (Phi) is 8.10. The van der Waals surface area contributed by atoms with Gasteiger partial charge < -0.3 is 15.2 Å². The van der Waals surface area contributed by atoms with Crippen LogP contribution >= 0.6 is 24.0 Å². The van der Waals surface area contributed by atoms with Crippen molar-refractivity contribution in [1.29, 1.82) is 0 Å². The second-order valence-corrected chi connectivity index (χ2v) is 5.92. The lowest BCUT2D eigenvalue weighted by molar-refractivity contribution is 0.600. The average Bonchev–Trinajstić information content (AvgIpc) is 2.85. The van der Waals surface area contributed by atoms with Crippen molar-refractivity contribution >= 4 is 29.9 Å². The molecule has 0 spiro atoms. The predicted octanol–water partition coefficient (Wildman–Crippen LogP) is 1.93. The minimum absolute atomic E-state index is 0. The molecule has 0 atom stereocenters. The van der Waals surface area contributed by atoms with Crippen molar-refractivity contribution < 1.29 is 0 Å². The number of guanidine groups is 1. The van der Waals surface area contributed by atoms with E-state index in [4.69, 9.17) is 0 Å². The zero-order valence-corrected chi connectivity index (χ0v) is 16.9. The van der Waals surface area contributed by atoms with Gasteiger partial charge in [-0.3, -0.25) is 9.98 Å². The van der Waals surface area contributed by atoms with Crippen molar-refractivity contribution in [2.24, 2.45) is 4.99 Å². The van der Waals surface area contributed by atoms with Gasteiger partial charge in [0.2, 0.25) is 0 Å². The van der Waals surface area contributed by atoms with Gasteiger partial charge in [-0.1, -0.05) is 12.5 Å². The molecule has 3 heterocycles. The van der Waals surface area contributed by atoms with Crippen molar-refractivity contribution in [1.82, 2.24) is 30.4 Å². The van der Waals surface area contributed by atoms with Crippen molar-refractivity contribution in [2.45, 2.75) is 45.2 Å². The Hall–Kier alpha value is -1.71. The number of aliphatic imine (C=N–C) groups is 1. The smallest absolute Gasteiger partial charge is 0.191 e. The molecule has 25 heavy (non-hydrogen) atoms. The van der Waals surface area contributed by atoms with Gasteiger partial charge in [0.25, 0.3) is 0 Å². The summed E-state index contributed by atoms with van der Waals surface area (Å²) >= 11 is 0. The first-order valence-electron chi connectivity index (χ1n) is 8.62. The highest BCUT2D eigenvalue weighted by Gasteiger charge is 2.14. The largest absolute Gasteiger partial charge is 0.356 e. The van der Waals surface area contributed by atoms with Gasteiger partial charge in [-0.15, -0.1) is 34.2 Å². The fourth-order valence-corrected chi connectivity index (χ4v) is 2.92. The summed E-state index contributed by atoms with van der Waals surface area (Å²) in [7, 11) is 1.77. The van der Waals surface area contributed by atoms with E-state index < -0.39 is 0 Å². The van der Waals surface area contributed by atoms with Crippen LogP contribution in [0.1, 0.15) is 36.6 Å². The molecule has 0 unspecified atom stereocenters. The topological polar surface area (TPSA) is 80.0 Å². The number of nitrogens with zero attached hydrogens (tertiary/aromatic N) is 5. The maximum atomic E-state index is 4.36. The van der Waals surface area contributed by atoms with Gasteiger partial charge in [0.15, 0.2) is 5.96 Å². The molecule has 0 bridgehead atoms. The lowest BCUT2D eigenvalue weighted by Crippen LogP contribution is -2.38. The highest BCUT2D eigenvalue weighted by molar-refractivity contribution is 14.0. The van der Waals surface area contributed by atoms with Crippen LogP contribution in [0.5, 0.6) is 0 Å². The van der Waals surface area contributed by atoms with Crippen LogP contribution in [0.15, 0.2) is 29.4 Å². The third-order valence-corrected chi connectivity index (χ3v) is 4.21. The molecule has 2 aromatic heterocycles. The quantitative estimate of drug-likeness (QED) is 0.409. The summed E-state index contributed by atoms with van der Waals surface area (Å²) in [6.07, 6.45) is 7.42. The van der Waals surface area contributed by atoms with E-state index in [0.29, 0.717) is 6.54 Å². The second kappa shape index (κ2) is 10.3. The molecule has 0 aliphatic carbocycles. The summed E-state index contributed by atoms with van der Waals surface area (Å²) in [6, 6.07) is 5.89. The first-order chi connectivity index (χ1) is 11.9. The van der Waals surface area contributed by atoms with Crippen LogP contribution in [-0.4, -0.2) is 39.3 Å². The molecule has 1 aliphatic heterocycles. The molecule has 8 heteroatoms. The zero-order chi connectivity index (χ0) is 16.6. The molecule has 3 rings (SSSR count). The van der Waals surface area contributed by atoms with Crippen LogP contribution < -0.4 is 10.6 Å². The lowest BCUT2D eigenvalue weighted by Gasteiger charge is -2.12. The SMILES string of the molecule is CN=C(NCCc1nnc2n1CCCCC2)NCc1ccccn1.I. The van der Waals surface area contributed by atoms with E-state index in [9.17, 15) is 0 Å². The van der Waals surface area contributed by atoms with Gasteiger partial charge in [-0.05, 0) is 25.0 Å². The summed E-state index contributed by atoms with van der Waals surface area (Å²) in [5.74, 6) is 2.98. The number of nitrogens with one attached hydrogen (secondary N) is 2. The normalized spacial score (nSPS) is 14.2. The molecule has 0 saturated heterocycles. The minimum atomic E-state index is 0. The molecule has 0 fully saturated rings. The maximum Gasteiger partial charge on any atom is 0.191 e. The van der Waals surface area contributed by atoms with Gasteiger partial charge in [0.05, 0.1) is 12.2 Å². The zero-order valence-electron chi connectivity index (χ0n) is 14.6. The summed E-state index contributed by atoms with van der Waals surface area (Å²) in [6.45, 7) is 2.48. The molecule has 2 N–H and O–H groups in total. The van der Waals surface area contributed by atoms with E-state index in [0.717, 1.165) is 49.2 Å². The number of rotatable bonds is 5. The first-order valence-corrected chi connectivity index (χ1v) is 8.62. The Morgan fingerprint density at radius 3 is 2.92 bits per heavy atom. The number of aryl methyl sites for hydroxylation is 1. The Bertz CT molecular complexity index is 669. The van der Waals surface area contributed by atoms with Gasteiger partial charge in [-0.25, -0.2) is 0 Å². The molecule has 7 nitrogen and oxygen atoms in total. The molecule has 2 aromatic rings. The fourth-order valence-electron chi connectivity index (χ4n) is 2.92. The number of halogens is 1. The van der Waals surface area contributed by atoms with E-state index >= 15 is 0 Å². The van der Waals surface area contributed by atoms with E-state index in [1.165, 1.54) is 19.3 Å². The van der Waals surface area contributed by atoms with E-state index in [-0.39, 0.29) is 24.0 Å². The molecular formula is C17H26IN7. The highest BCUT2D eigenvalue weighted by atomic mass is 127. The molecule has 0 radical (unpaired) electrons. The predicted molar refractivity (Wildman–Crippen MR) is 109 cm³/mol. The Morgan fingerprint density at radius 1 is 1.20 bits per heavy atom. The van der Waals surface area contributed by atoms with Crippen LogP contribution in [0.3, 0.4) is 0 Å². The number of pyridine rings is 1. The fraction of sp³-hybridized carbons (Fsp3) is 0.529. The minimum Gasteiger partial charge on any atom is -0.356 e. The first kappa shape index (κ1) is 19.6. The van der Waals surface area contributed by atoms with Crippen LogP contribution in [0.2, 0.25) is 0 Å². The second-order valence-electron chi connectivity index (χ2n) is 5.92. The summed E-state index contributed by atoms with van der Waals surface area (Å²) < 4.78 is 2.29. The van der Waals surface area contributed by atoms with Gasteiger partial charge in [-0.2, -0.15) is 0 Å². The lowest BCUT2D eigenvalue weighted by atomic mass is 10.2. The van der Waals surface area contributed by atoms with E-state index in [1.807, 2.05) is 18.2 Å². The third kappa shape index (κ3) is 5.65. The molecule has 136 valence electrons. The summed E-state index contributed by atoms with van der Waals surface area (Å²) in [5, 5.41) is 15.3. The molecular weight excluding hydrogens is 429 g/mol. The van der Waals surface area contributed by atoms with Crippen molar-refractivity contribution in [3.8, 4) is 0 Å². The number of hydrogen-bond donors (Lipinski definition) is 2. The van der Waals surface area contributed by atoms with Crippen LogP contribution in [-0.2, 0) is 25.9 Å². The number of hydrogen-bond acceptors (Lipinski definition) is 4. The number of fused-ring (bicyclic) bond motifs is 1. The van der Waals surface area contributed by atoms with Crippen molar-refractivity contribution in [2.75, 3.05) is 13.6 Å². The van der Waals surface area contributed by atoms with Crippen molar-refractivity contribution in [3.05, 3.63) is 41.7 Å². The molecule has 0 amide bonds. The molecule has 0 saturated carbocycles. The summed E-state index contributed by atoms with van der Waals surface area (Å²) in [5.41, 5.74) is 0.989. The Labute approximate surface area is 165 Å². The standard InChI is InChI=1S/C17H25N7.HI/c1-18-17(21-13-14-7-4-5-10-19-14)20-11-9-16-23-22-15-8-3-2-6-12-24(15)16;/h4-5,7,10H,2-3,6,8-9,11-13H2,1H3,(H2,18,20,21);1H. The Balaban J connectivity index is 0.00000225. The maximum absolute atomic E-state index is 4.36. The van der Waals surface area contributed by atoms with Crippen LogP contribution in [0.4, 0.5) is 0 Å². The monoisotopic (exact) mass is 455 g/mol. The van der Waals surface area contributed by atoms with E-state index in [1.54, 1.807) is 13.2 Å². The average molecular weight is 455 g/mol.